The second-order valence-corrected chi connectivity index (χ2v) is 6.80. The molecular weight excluding hydrogens is 312 g/mol. The molecule has 0 bridgehead atoms. The van der Waals surface area contributed by atoms with Crippen molar-refractivity contribution in [1.82, 2.24) is 0 Å². The summed E-state index contributed by atoms with van der Waals surface area (Å²) in [6, 6.07) is 7.90. The van der Waals surface area contributed by atoms with Crippen LogP contribution in [0.3, 0.4) is 0 Å². The normalized spacial score (nSPS) is 12.1. The lowest BCUT2D eigenvalue weighted by molar-refractivity contribution is -0.110. The average molecular weight is 349 g/mol. The predicted octanol–water partition coefficient (Wildman–Crippen LogP) is 6.09. The van der Waals surface area contributed by atoms with Crippen LogP contribution in [0.4, 0.5) is 0 Å². The molecule has 0 spiro atoms. The van der Waals surface area contributed by atoms with Crippen molar-refractivity contribution in [2.45, 2.75) is 90.3 Å². The molecule has 0 aliphatic carbocycles. The number of hydrogen-bond donors (Lipinski definition) is 0. The molecule has 0 radical (unpaired) electrons. The fraction of sp³-hybridized carbons (Fsp3) is 0.682. The van der Waals surface area contributed by atoms with Gasteiger partial charge in [-0.1, -0.05) is 76.8 Å². The molecule has 1 aromatic rings. The van der Waals surface area contributed by atoms with E-state index in [1.54, 1.807) is 7.11 Å². The average Bonchev–Trinajstić information content (AvgIpc) is 2.65. The van der Waals surface area contributed by atoms with Crippen LogP contribution in [-0.4, -0.2) is 19.5 Å². The molecular formula is C22H36O3. The Morgan fingerprint density at radius 1 is 0.920 bits per heavy atom. The lowest BCUT2D eigenvalue weighted by atomic mass is 10.0. The monoisotopic (exact) mass is 348 g/mol. The Bertz CT molecular complexity index is 427. The van der Waals surface area contributed by atoms with Gasteiger partial charge in [0.1, 0.15) is 12.0 Å². The zero-order valence-corrected chi connectivity index (χ0v) is 16.2. The van der Waals surface area contributed by atoms with Crippen molar-refractivity contribution in [2.24, 2.45) is 0 Å². The van der Waals surface area contributed by atoms with E-state index in [9.17, 15) is 4.79 Å². The van der Waals surface area contributed by atoms with Gasteiger partial charge in [0.15, 0.2) is 0 Å². The van der Waals surface area contributed by atoms with Crippen molar-refractivity contribution in [3.63, 3.8) is 0 Å². The smallest absolute Gasteiger partial charge is 0.122 e. The molecule has 0 heterocycles. The minimum Gasteiger partial charge on any atom is -0.497 e. The molecule has 0 aromatic heterocycles. The lowest BCUT2D eigenvalue weighted by Gasteiger charge is -2.16. The molecule has 0 unspecified atom stereocenters. The molecule has 1 rings (SSSR count). The molecule has 0 fully saturated rings. The van der Waals surface area contributed by atoms with E-state index in [2.05, 4.69) is 6.92 Å². The molecule has 1 atom stereocenters. The zero-order valence-electron chi connectivity index (χ0n) is 16.2. The van der Waals surface area contributed by atoms with Crippen LogP contribution in [-0.2, 0) is 16.1 Å². The Morgan fingerprint density at radius 2 is 1.52 bits per heavy atom. The number of methoxy groups -OCH3 is 1. The van der Waals surface area contributed by atoms with Gasteiger partial charge in [-0.05, 0) is 24.1 Å². The van der Waals surface area contributed by atoms with Gasteiger partial charge >= 0.3 is 0 Å². The summed E-state index contributed by atoms with van der Waals surface area (Å²) in [4.78, 5) is 10.9. The van der Waals surface area contributed by atoms with Crippen LogP contribution in [0.5, 0.6) is 5.75 Å². The van der Waals surface area contributed by atoms with E-state index in [0.29, 0.717) is 13.0 Å². The first-order valence-corrected chi connectivity index (χ1v) is 9.98. The highest BCUT2D eigenvalue weighted by Gasteiger charge is 2.09. The van der Waals surface area contributed by atoms with E-state index in [0.717, 1.165) is 30.4 Å². The fourth-order valence-electron chi connectivity index (χ4n) is 3.00. The standard InChI is InChI=1S/C22H36O3/c1-3-4-5-6-7-8-9-10-11-12-22(17-18-23)25-19-20-13-15-21(24-2)16-14-20/h13-16,18,22H,3-12,17,19H2,1-2H3/t22-/m1/s1. The summed E-state index contributed by atoms with van der Waals surface area (Å²) in [5.74, 6) is 0.850. The van der Waals surface area contributed by atoms with Gasteiger partial charge in [0, 0.05) is 6.42 Å². The van der Waals surface area contributed by atoms with E-state index < -0.39 is 0 Å². The molecule has 0 aliphatic rings. The van der Waals surface area contributed by atoms with E-state index in [-0.39, 0.29) is 6.10 Å². The third-order valence-corrected chi connectivity index (χ3v) is 4.63. The van der Waals surface area contributed by atoms with Crippen molar-refractivity contribution < 1.29 is 14.3 Å². The Labute approximate surface area is 154 Å². The number of carbonyl (C=O) groups is 1. The first-order valence-electron chi connectivity index (χ1n) is 9.98. The van der Waals surface area contributed by atoms with Crippen LogP contribution in [0, 0.1) is 0 Å². The van der Waals surface area contributed by atoms with Crippen LogP contribution in [0.1, 0.15) is 83.1 Å². The summed E-state index contributed by atoms with van der Waals surface area (Å²) >= 11 is 0. The van der Waals surface area contributed by atoms with E-state index in [4.69, 9.17) is 9.47 Å². The van der Waals surface area contributed by atoms with Gasteiger partial charge < -0.3 is 14.3 Å². The van der Waals surface area contributed by atoms with Gasteiger partial charge in [-0.15, -0.1) is 0 Å². The van der Waals surface area contributed by atoms with Crippen molar-refractivity contribution in [3.8, 4) is 5.75 Å². The Morgan fingerprint density at radius 3 is 2.08 bits per heavy atom. The summed E-state index contributed by atoms with van der Waals surface area (Å²) in [5, 5.41) is 0. The van der Waals surface area contributed by atoms with Gasteiger partial charge in [0.25, 0.3) is 0 Å². The number of benzene rings is 1. The highest BCUT2D eigenvalue weighted by Crippen LogP contribution is 2.16. The summed E-state index contributed by atoms with van der Waals surface area (Å²) in [6.07, 6.45) is 14.4. The summed E-state index contributed by atoms with van der Waals surface area (Å²) < 4.78 is 11.1. The molecule has 142 valence electrons. The summed E-state index contributed by atoms with van der Waals surface area (Å²) in [5.41, 5.74) is 1.11. The van der Waals surface area contributed by atoms with Crippen LogP contribution < -0.4 is 4.74 Å². The van der Waals surface area contributed by atoms with Gasteiger partial charge in [0.2, 0.25) is 0 Å². The maximum absolute atomic E-state index is 10.9. The molecule has 3 heteroatoms. The highest BCUT2D eigenvalue weighted by atomic mass is 16.5. The zero-order chi connectivity index (χ0) is 18.2. The Hall–Kier alpha value is -1.35. The SMILES string of the molecule is CCCCCCCCCCC[C@H](CC=O)OCc1ccc(OC)cc1. The maximum atomic E-state index is 10.9. The van der Waals surface area contributed by atoms with Gasteiger partial charge in [0.05, 0.1) is 19.8 Å². The molecule has 0 saturated carbocycles. The first kappa shape index (κ1) is 21.7. The number of hydrogen-bond acceptors (Lipinski definition) is 3. The van der Waals surface area contributed by atoms with E-state index >= 15 is 0 Å². The number of unbranched alkanes of at least 4 members (excludes halogenated alkanes) is 8. The van der Waals surface area contributed by atoms with Crippen LogP contribution in [0.15, 0.2) is 24.3 Å². The fourth-order valence-corrected chi connectivity index (χ4v) is 3.00. The van der Waals surface area contributed by atoms with Gasteiger partial charge in [-0.25, -0.2) is 0 Å². The molecule has 25 heavy (non-hydrogen) atoms. The number of aldehydes is 1. The minimum atomic E-state index is 0.0455. The van der Waals surface area contributed by atoms with Crippen LogP contribution >= 0.6 is 0 Å². The molecule has 3 nitrogen and oxygen atoms in total. The second-order valence-electron chi connectivity index (χ2n) is 6.80. The van der Waals surface area contributed by atoms with Gasteiger partial charge in [-0.3, -0.25) is 0 Å². The molecule has 0 aliphatic heterocycles. The number of rotatable bonds is 16. The molecule has 0 N–H and O–H groups in total. The van der Waals surface area contributed by atoms with Crippen molar-refractivity contribution in [3.05, 3.63) is 29.8 Å². The summed E-state index contributed by atoms with van der Waals surface area (Å²) in [7, 11) is 1.66. The quantitative estimate of drug-likeness (QED) is 0.268. The maximum Gasteiger partial charge on any atom is 0.122 e. The topological polar surface area (TPSA) is 35.5 Å². The number of ether oxygens (including phenoxy) is 2. The number of carbonyl (C=O) groups excluding carboxylic acids is 1. The Balaban J connectivity index is 2.13. The second kappa shape index (κ2) is 14.9. The Kier molecular flexibility index (Phi) is 13.0. The van der Waals surface area contributed by atoms with Crippen LogP contribution in [0.2, 0.25) is 0 Å². The van der Waals surface area contributed by atoms with Crippen molar-refractivity contribution in [2.75, 3.05) is 7.11 Å². The molecule has 1 aromatic carbocycles. The van der Waals surface area contributed by atoms with Crippen molar-refractivity contribution >= 4 is 6.29 Å². The minimum absolute atomic E-state index is 0.0455. The largest absolute Gasteiger partial charge is 0.497 e. The van der Waals surface area contributed by atoms with Gasteiger partial charge in [-0.2, -0.15) is 0 Å². The van der Waals surface area contributed by atoms with E-state index in [1.165, 1.54) is 51.4 Å². The van der Waals surface area contributed by atoms with Crippen LogP contribution in [0.25, 0.3) is 0 Å². The summed E-state index contributed by atoms with van der Waals surface area (Å²) in [6.45, 7) is 2.81. The van der Waals surface area contributed by atoms with Crippen molar-refractivity contribution in [1.29, 1.82) is 0 Å². The third-order valence-electron chi connectivity index (χ3n) is 4.63. The lowest BCUT2D eigenvalue weighted by Crippen LogP contribution is -2.13. The highest BCUT2D eigenvalue weighted by molar-refractivity contribution is 5.50. The molecule has 0 amide bonds. The molecule has 0 saturated heterocycles. The predicted molar refractivity (Wildman–Crippen MR) is 104 cm³/mol. The van der Waals surface area contributed by atoms with E-state index in [1.807, 2.05) is 24.3 Å². The first-order chi connectivity index (χ1) is 12.3. The third kappa shape index (κ3) is 11.0.